The van der Waals surface area contributed by atoms with Crippen LogP contribution in [0, 0.1) is 0 Å². The van der Waals surface area contributed by atoms with Gasteiger partial charge in [0.25, 0.3) is 0 Å². The molecule has 52 valence electrons. The van der Waals surface area contributed by atoms with Crippen molar-refractivity contribution in [3.63, 3.8) is 0 Å². The maximum atomic E-state index is 10.2. The van der Waals surface area contributed by atoms with Crippen molar-refractivity contribution >= 4 is 27.5 Å². The van der Waals surface area contributed by atoms with Gasteiger partial charge in [0, 0.05) is 0 Å². The van der Waals surface area contributed by atoms with Crippen LogP contribution in [0.3, 0.4) is 0 Å². The van der Waals surface area contributed by atoms with Crippen LogP contribution in [-0.2, 0) is 7.87 Å². The van der Waals surface area contributed by atoms with Crippen LogP contribution in [0.4, 0.5) is 0 Å². The van der Waals surface area contributed by atoms with E-state index in [0.717, 1.165) is 0 Å². The number of unbranched alkanes of at least 4 members (excludes halogenated alkanes) is 1. The second-order valence-electron chi connectivity index (χ2n) is 1.84. The summed E-state index contributed by atoms with van der Waals surface area (Å²) in [6, 6.07) is 0. The Hall–Kier alpha value is 0.269. The number of carbonyl (C=O) groups excluding carboxylic acids is 1. The minimum atomic E-state index is -0.739. The molecule has 0 saturated heterocycles. The van der Waals surface area contributed by atoms with Crippen molar-refractivity contribution in [3.8, 4) is 0 Å². The van der Waals surface area contributed by atoms with Crippen LogP contribution < -0.4 is 0 Å². The van der Waals surface area contributed by atoms with Gasteiger partial charge in [0.05, 0.1) is 0 Å². The van der Waals surface area contributed by atoms with E-state index in [2.05, 4.69) is 6.92 Å². The average Bonchev–Trinajstić information content (AvgIpc) is 1.80. The Labute approximate surface area is 66.7 Å². The number of rotatable bonds is 4. The van der Waals surface area contributed by atoms with Gasteiger partial charge < -0.3 is 0 Å². The summed E-state index contributed by atoms with van der Waals surface area (Å²) in [7, 11) is 0. The van der Waals surface area contributed by atoms with Crippen LogP contribution in [0.25, 0.3) is 0 Å². The van der Waals surface area contributed by atoms with Crippen LogP contribution in [0.15, 0.2) is 0 Å². The summed E-state index contributed by atoms with van der Waals surface area (Å²) in [5.74, 6) is -0.0993. The normalized spacial score (nSPS) is 9.11. The summed E-state index contributed by atoms with van der Waals surface area (Å²) < 4.78 is 6.04. The second-order valence-corrected chi connectivity index (χ2v) is 4.68. The molecule has 2 radical (unpaired) electrons. The Kier molecular flexibility index (Phi) is 6.58. The van der Waals surface area contributed by atoms with Crippen molar-refractivity contribution < 1.29 is 7.87 Å². The summed E-state index contributed by atoms with van der Waals surface area (Å²) in [5, 5.41) is 0. The van der Waals surface area contributed by atoms with Gasteiger partial charge in [0.1, 0.15) is 0 Å². The van der Waals surface area contributed by atoms with E-state index in [0.29, 0.717) is 0 Å². The molecule has 0 amide bonds. The van der Waals surface area contributed by atoms with Crippen LogP contribution in [0.1, 0.15) is 26.7 Å². The molecule has 0 fully saturated rings. The van der Waals surface area contributed by atoms with Gasteiger partial charge in [-0.3, -0.25) is 0 Å². The topological polar surface area (TPSA) is 26.3 Å². The zero-order chi connectivity index (χ0) is 7.11. The van der Waals surface area contributed by atoms with Crippen LogP contribution in [0.2, 0.25) is 4.44 Å². The van der Waals surface area contributed by atoms with Crippen LogP contribution >= 0.6 is 0 Å². The predicted molar refractivity (Wildman–Crippen MR) is 37.2 cm³/mol. The third kappa shape index (κ3) is 8.27. The van der Waals surface area contributed by atoms with E-state index in [1.165, 1.54) is 24.2 Å². The molecule has 0 aromatic heterocycles. The summed E-state index contributed by atoms with van der Waals surface area (Å²) in [4.78, 5) is 10.2. The molecule has 0 aliphatic heterocycles. The zero-order valence-corrected chi connectivity index (χ0v) is 8.79. The zero-order valence-electron chi connectivity index (χ0n) is 5.94. The van der Waals surface area contributed by atoms with Gasteiger partial charge in [0.15, 0.2) is 0 Å². The van der Waals surface area contributed by atoms with E-state index in [4.69, 9.17) is 3.07 Å². The van der Waals surface area contributed by atoms with E-state index in [-0.39, 0.29) is 5.97 Å². The fourth-order valence-electron chi connectivity index (χ4n) is 0.402. The quantitative estimate of drug-likeness (QED) is 0.543. The van der Waals surface area contributed by atoms with Crippen LogP contribution in [0.5, 0.6) is 0 Å². The van der Waals surface area contributed by atoms with Crippen molar-refractivity contribution in [2.24, 2.45) is 0 Å². The molecule has 0 aliphatic carbocycles. The number of hydrogen-bond acceptors (Lipinski definition) is 2. The van der Waals surface area contributed by atoms with Gasteiger partial charge in [-0.2, -0.15) is 0 Å². The summed E-state index contributed by atoms with van der Waals surface area (Å²) in [6.45, 7) is 3.62. The standard InChI is InChI=1S/C4H9.C2H4O2.Sn/c1-3-4-2;1-2(3)4;/h1,3-4H2,2H3;1H3,(H,3,4);/q;;+1/p-1. The Morgan fingerprint density at radius 1 is 1.67 bits per heavy atom. The SMILES string of the molecule is CCC[CH2][Sn][O]C(C)=O. The molecule has 0 rings (SSSR count). The Morgan fingerprint density at radius 3 is 2.78 bits per heavy atom. The molecule has 9 heavy (non-hydrogen) atoms. The van der Waals surface area contributed by atoms with E-state index in [1.54, 1.807) is 0 Å². The molecular weight excluding hydrogens is 223 g/mol. The molecule has 0 unspecified atom stereocenters. The summed E-state index contributed by atoms with van der Waals surface area (Å²) in [6.07, 6.45) is 2.43. The molecule has 2 nitrogen and oxygen atoms in total. The molecule has 0 aliphatic rings. The molecule has 0 spiro atoms. The van der Waals surface area contributed by atoms with Crippen molar-refractivity contribution in [1.29, 1.82) is 0 Å². The molecule has 3 heteroatoms. The number of carbonyl (C=O) groups is 1. The monoisotopic (exact) mass is 236 g/mol. The first-order valence-electron chi connectivity index (χ1n) is 3.17. The predicted octanol–water partition coefficient (Wildman–Crippen LogP) is 1.39. The molecule has 0 bridgehead atoms. The minimum absolute atomic E-state index is 0.0993. The first-order chi connectivity index (χ1) is 4.27. The number of hydrogen-bond donors (Lipinski definition) is 0. The van der Waals surface area contributed by atoms with Gasteiger partial charge in [0.2, 0.25) is 0 Å². The molecular formula is C6H12O2Sn. The Bertz CT molecular complexity index is 83.1. The second kappa shape index (κ2) is 6.39. The average molecular weight is 235 g/mol. The Morgan fingerprint density at radius 2 is 2.33 bits per heavy atom. The molecule has 0 atom stereocenters. The van der Waals surface area contributed by atoms with E-state index in [1.807, 2.05) is 0 Å². The third-order valence-corrected chi connectivity index (χ3v) is 3.67. The molecule has 0 aromatic carbocycles. The van der Waals surface area contributed by atoms with Gasteiger partial charge >= 0.3 is 66.5 Å². The van der Waals surface area contributed by atoms with Gasteiger partial charge in [-0.05, 0) is 0 Å². The maximum absolute atomic E-state index is 10.2. The van der Waals surface area contributed by atoms with E-state index in [9.17, 15) is 4.79 Å². The van der Waals surface area contributed by atoms with Crippen molar-refractivity contribution in [2.45, 2.75) is 31.1 Å². The van der Waals surface area contributed by atoms with E-state index < -0.39 is 21.6 Å². The first-order valence-corrected chi connectivity index (χ1v) is 6.36. The van der Waals surface area contributed by atoms with E-state index >= 15 is 0 Å². The van der Waals surface area contributed by atoms with Gasteiger partial charge in [-0.25, -0.2) is 0 Å². The van der Waals surface area contributed by atoms with Crippen molar-refractivity contribution in [3.05, 3.63) is 0 Å². The molecule has 0 aromatic rings. The van der Waals surface area contributed by atoms with Crippen molar-refractivity contribution in [1.82, 2.24) is 0 Å². The summed E-state index contributed by atoms with van der Waals surface area (Å²) in [5.41, 5.74) is 0. The van der Waals surface area contributed by atoms with Gasteiger partial charge in [-0.1, -0.05) is 0 Å². The van der Waals surface area contributed by atoms with Crippen molar-refractivity contribution in [2.75, 3.05) is 0 Å². The Balaban J connectivity index is 2.83. The molecule has 0 heterocycles. The fraction of sp³-hybridized carbons (Fsp3) is 0.833. The van der Waals surface area contributed by atoms with Crippen LogP contribution in [-0.4, -0.2) is 27.5 Å². The fourth-order valence-corrected chi connectivity index (χ4v) is 2.69. The summed E-state index contributed by atoms with van der Waals surface area (Å²) >= 11 is -0.739. The molecule has 0 saturated carbocycles. The third-order valence-electron chi connectivity index (χ3n) is 0.848. The molecule has 0 N–H and O–H groups in total. The van der Waals surface area contributed by atoms with Gasteiger partial charge in [-0.15, -0.1) is 0 Å². The first kappa shape index (κ1) is 9.27.